The number of carbonyl (C=O) groups excluding carboxylic acids is 2. The summed E-state index contributed by atoms with van der Waals surface area (Å²) in [6.45, 7) is 1.98. The maximum absolute atomic E-state index is 11.9. The Balaban J connectivity index is 1.76. The third-order valence-electron chi connectivity index (χ3n) is 3.53. The van der Waals surface area contributed by atoms with Crippen LogP contribution >= 0.6 is 0 Å². The summed E-state index contributed by atoms with van der Waals surface area (Å²) in [5, 5.41) is 11.4. The number of ether oxygens (including phenoxy) is 2. The number of nitriles is 1. The first-order chi connectivity index (χ1) is 12.6. The van der Waals surface area contributed by atoms with Crippen LogP contribution in [-0.2, 0) is 20.7 Å². The number of para-hydroxylation sites is 2. The van der Waals surface area contributed by atoms with Crippen LogP contribution in [0.3, 0.4) is 0 Å². The van der Waals surface area contributed by atoms with Gasteiger partial charge in [0.05, 0.1) is 23.9 Å². The molecule has 0 saturated carbocycles. The molecule has 6 nitrogen and oxygen atoms in total. The first-order valence-corrected chi connectivity index (χ1v) is 8.28. The number of nitrogens with zero attached hydrogens (tertiary/aromatic N) is 1. The number of esters is 1. The normalized spacial score (nSPS) is 9.85. The molecule has 1 N–H and O–H groups in total. The number of amides is 1. The highest BCUT2D eigenvalue weighted by Crippen LogP contribution is 2.23. The molecule has 0 saturated heterocycles. The van der Waals surface area contributed by atoms with E-state index in [0.717, 1.165) is 5.56 Å². The van der Waals surface area contributed by atoms with E-state index < -0.39 is 11.9 Å². The Morgan fingerprint density at radius 3 is 2.54 bits per heavy atom. The van der Waals surface area contributed by atoms with Gasteiger partial charge in [-0.25, -0.2) is 0 Å². The molecule has 2 aromatic rings. The van der Waals surface area contributed by atoms with Crippen LogP contribution in [0.5, 0.6) is 5.75 Å². The van der Waals surface area contributed by atoms with Crippen LogP contribution in [0.2, 0.25) is 0 Å². The summed E-state index contributed by atoms with van der Waals surface area (Å²) < 4.78 is 10.4. The molecule has 2 rings (SSSR count). The predicted molar refractivity (Wildman–Crippen MR) is 96.7 cm³/mol. The van der Waals surface area contributed by atoms with Crippen LogP contribution in [0.4, 0.5) is 5.69 Å². The van der Waals surface area contributed by atoms with Crippen LogP contribution in [0.15, 0.2) is 48.5 Å². The lowest BCUT2D eigenvalue weighted by Gasteiger charge is -2.11. The first kappa shape index (κ1) is 19.0. The van der Waals surface area contributed by atoms with Crippen molar-refractivity contribution in [3.05, 3.63) is 59.7 Å². The predicted octanol–water partition coefficient (Wildman–Crippen LogP) is 3.07. The van der Waals surface area contributed by atoms with Gasteiger partial charge in [0.25, 0.3) is 5.91 Å². The Morgan fingerprint density at radius 2 is 1.85 bits per heavy atom. The van der Waals surface area contributed by atoms with E-state index in [4.69, 9.17) is 14.7 Å². The molecule has 2 aromatic carbocycles. The van der Waals surface area contributed by atoms with Gasteiger partial charge >= 0.3 is 5.97 Å². The zero-order chi connectivity index (χ0) is 18.8. The largest absolute Gasteiger partial charge is 0.492 e. The van der Waals surface area contributed by atoms with Crippen molar-refractivity contribution in [1.29, 1.82) is 5.26 Å². The minimum absolute atomic E-state index is 0.161. The Morgan fingerprint density at radius 1 is 1.12 bits per heavy atom. The van der Waals surface area contributed by atoms with Crippen molar-refractivity contribution in [3.8, 4) is 11.8 Å². The van der Waals surface area contributed by atoms with Gasteiger partial charge in [0.15, 0.2) is 6.61 Å². The maximum atomic E-state index is 11.9. The lowest BCUT2D eigenvalue weighted by Crippen LogP contribution is -2.21. The Hall–Kier alpha value is -3.33. The van der Waals surface area contributed by atoms with Crippen molar-refractivity contribution >= 4 is 17.6 Å². The monoisotopic (exact) mass is 352 g/mol. The van der Waals surface area contributed by atoms with Gasteiger partial charge in [-0.2, -0.15) is 5.26 Å². The number of anilines is 1. The molecule has 134 valence electrons. The first-order valence-electron chi connectivity index (χ1n) is 8.28. The van der Waals surface area contributed by atoms with Gasteiger partial charge < -0.3 is 14.8 Å². The van der Waals surface area contributed by atoms with Crippen molar-refractivity contribution in [2.75, 3.05) is 18.5 Å². The molecule has 0 heterocycles. The molecule has 0 aliphatic rings. The summed E-state index contributed by atoms with van der Waals surface area (Å²) >= 11 is 0. The van der Waals surface area contributed by atoms with Crippen LogP contribution in [0.1, 0.15) is 24.5 Å². The summed E-state index contributed by atoms with van der Waals surface area (Å²) in [6, 6.07) is 16.1. The summed E-state index contributed by atoms with van der Waals surface area (Å²) in [4.78, 5) is 23.7. The van der Waals surface area contributed by atoms with E-state index in [-0.39, 0.29) is 13.0 Å². The van der Waals surface area contributed by atoms with Crippen molar-refractivity contribution in [3.63, 3.8) is 0 Å². The average molecular weight is 352 g/mol. The third-order valence-corrected chi connectivity index (χ3v) is 3.53. The second kappa shape index (κ2) is 9.84. The molecular formula is C20H20N2O4. The van der Waals surface area contributed by atoms with Gasteiger partial charge in [-0.3, -0.25) is 9.59 Å². The van der Waals surface area contributed by atoms with Crippen LogP contribution in [-0.4, -0.2) is 25.1 Å². The molecule has 0 aromatic heterocycles. The molecule has 0 unspecified atom stereocenters. The fourth-order valence-corrected chi connectivity index (χ4v) is 2.25. The maximum Gasteiger partial charge on any atom is 0.306 e. The summed E-state index contributed by atoms with van der Waals surface area (Å²) in [5.41, 5.74) is 2.03. The van der Waals surface area contributed by atoms with E-state index in [1.54, 1.807) is 42.5 Å². The molecule has 0 spiro atoms. The average Bonchev–Trinajstić information content (AvgIpc) is 2.67. The second-order valence-electron chi connectivity index (χ2n) is 5.45. The number of benzene rings is 2. The summed E-state index contributed by atoms with van der Waals surface area (Å²) in [6.07, 6.45) is 0.647. The fourth-order valence-electron chi connectivity index (χ4n) is 2.25. The molecule has 1 amide bonds. The number of aryl methyl sites for hydroxylation is 1. The van der Waals surface area contributed by atoms with Gasteiger partial charge in [-0.1, -0.05) is 24.3 Å². The number of hydrogen-bond donors (Lipinski definition) is 1. The van der Waals surface area contributed by atoms with Gasteiger partial charge in [0.1, 0.15) is 5.75 Å². The molecule has 26 heavy (non-hydrogen) atoms. The molecular weight excluding hydrogens is 332 g/mol. The van der Waals surface area contributed by atoms with Crippen molar-refractivity contribution in [2.45, 2.75) is 19.8 Å². The summed E-state index contributed by atoms with van der Waals surface area (Å²) in [7, 11) is 0. The zero-order valence-electron chi connectivity index (χ0n) is 14.5. The fraction of sp³-hybridized carbons (Fsp3) is 0.250. The van der Waals surface area contributed by atoms with Crippen LogP contribution in [0.25, 0.3) is 0 Å². The quantitative estimate of drug-likeness (QED) is 0.738. The molecule has 0 bridgehead atoms. The Bertz CT molecular complexity index is 794. The molecule has 0 aliphatic carbocycles. The summed E-state index contributed by atoms with van der Waals surface area (Å²) in [5.74, 6) is -0.318. The topological polar surface area (TPSA) is 88.4 Å². The second-order valence-corrected chi connectivity index (χ2v) is 5.45. The molecule has 6 heteroatoms. The molecule has 0 aliphatic heterocycles. The molecule has 0 fully saturated rings. The third kappa shape index (κ3) is 5.95. The smallest absolute Gasteiger partial charge is 0.306 e. The van der Waals surface area contributed by atoms with Gasteiger partial charge in [0.2, 0.25) is 0 Å². The van der Waals surface area contributed by atoms with Crippen LogP contribution in [0, 0.1) is 11.3 Å². The lowest BCUT2D eigenvalue weighted by molar-refractivity contribution is -0.147. The van der Waals surface area contributed by atoms with Crippen molar-refractivity contribution < 1.29 is 19.1 Å². The number of hydrogen-bond acceptors (Lipinski definition) is 5. The number of rotatable bonds is 8. The standard InChI is InChI=1S/C20H20N2O4/c1-2-25-18-6-4-3-5-17(18)22-19(23)14-26-20(24)12-11-15-7-9-16(13-21)10-8-15/h3-10H,2,11-12,14H2,1H3,(H,22,23). The highest BCUT2D eigenvalue weighted by Gasteiger charge is 2.10. The van der Waals surface area contributed by atoms with Gasteiger partial charge in [-0.05, 0) is 43.2 Å². The number of carbonyl (C=O) groups is 2. The highest BCUT2D eigenvalue weighted by atomic mass is 16.5. The zero-order valence-corrected chi connectivity index (χ0v) is 14.5. The minimum atomic E-state index is -0.456. The Labute approximate surface area is 152 Å². The van der Waals surface area contributed by atoms with Crippen LogP contribution < -0.4 is 10.1 Å². The Kier molecular flexibility index (Phi) is 7.19. The van der Waals surface area contributed by atoms with E-state index in [9.17, 15) is 9.59 Å². The van der Waals surface area contributed by atoms with E-state index >= 15 is 0 Å². The highest BCUT2D eigenvalue weighted by molar-refractivity contribution is 5.94. The SMILES string of the molecule is CCOc1ccccc1NC(=O)COC(=O)CCc1ccc(C#N)cc1. The van der Waals surface area contributed by atoms with Gasteiger partial charge in [0, 0.05) is 6.42 Å². The van der Waals surface area contributed by atoms with E-state index in [1.807, 2.05) is 19.1 Å². The number of nitrogens with one attached hydrogen (secondary N) is 1. The molecule has 0 atom stereocenters. The lowest BCUT2D eigenvalue weighted by atomic mass is 10.1. The van der Waals surface area contributed by atoms with Crippen molar-refractivity contribution in [2.24, 2.45) is 0 Å². The van der Waals surface area contributed by atoms with Crippen molar-refractivity contribution in [1.82, 2.24) is 0 Å². The van der Waals surface area contributed by atoms with Gasteiger partial charge in [-0.15, -0.1) is 0 Å². The molecule has 0 radical (unpaired) electrons. The van der Waals surface area contributed by atoms with E-state index in [2.05, 4.69) is 5.32 Å². The van der Waals surface area contributed by atoms with E-state index in [0.29, 0.717) is 30.0 Å². The van der Waals surface area contributed by atoms with E-state index in [1.165, 1.54) is 0 Å². The minimum Gasteiger partial charge on any atom is -0.492 e.